The maximum atomic E-state index is 12.8. The molecule has 6 nitrogen and oxygen atoms in total. The molecule has 2 aromatic carbocycles. The van der Waals surface area contributed by atoms with Gasteiger partial charge in [0.25, 0.3) is 0 Å². The lowest BCUT2D eigenvalue weighted by Crippen LogP contribution is -2.41. The second-order valence-corrected chi connectivity index (χ2v) is 9.70. The van der Waals surface area contributed by atoms with Crippen LogP contribution in [0.2, 0.25) is 0 Å². The van der Waals surface area contributed by atoms with E-state index in [2.05, 4.69) is 11.4 Å². The van der Waals surface area contributed by atoms with Crippen LogP contribution in [-0.4, -0.2) is 23.2 Å². The normalized spacial score (nSPS) is 17.7. The largest absolute Gasteiger partial charge is 0.487 e. The minimum atomic E-state index is -0.807. The Morgan fingerprint density at radius 2 is 1.88 bits per heavy atom. The highest BCUT2D eigenvalue weighted by Gasteiger charge is 2.37. The molecule has 0 saturated heterocycles. The number of hydrogen-bond acceptors (Lipinski definition) is 5. The summed E-state index contributed by atoms with van der Waals surface area (Å²) >= 11 is 0. The predicted molar refractivity (Wildman–Crippen MR) is 130 cm³/mol. The summed E-state index contributed by atoms with van der Waals surface area (Å²) in [5, 5.41) is 13.9. The second-order valence-electron chi connectivity index (χ2n) is 9.70. The van der Waals surface area contributed by atoms with E-state index < -0.39 is 11.7 Å². The molecule has 178 valence electrons. The lowest BCUT2D eigenvalue weighted by molar-refractivity contribution is -0.120. The molecule has 1 aromatic heterocycles. The summed E-state index contributed by atoms with van der Waals surface area (Å²) in [4.78, 5) is 25.3. The van der Waals surface area contributed by atoms with E-state index in [1.54, 1.807) is 12.1 Å². The second kappa shape index (κ2) is 9.26. The van der Waals surface area contributed by atoms with Gasteiger partial charge in [-0.1, -0.05) is 36.8 Å². The molecule has 1 unspecified atom stereocenters. The third-order valence-corrected chi connectivity index (χ3v) is 7.42. The quantitative estimate of drug-likeness (QED) is 0.546. The van der Waals surface area contributed by atoms with Gasteiger partial charge in [0.2, 0.25) is 5.91 Å². The summed E-state index contributed by atoms with van der Waals surface area (Å²) in [5.74, 6) is 0.494. The van der Waals surface area contributed by atoms with Crippen molar-refractivity contribution in [3.8, 4) is 5.75 Å². The zero-order valence-corrected chi connectivity index (χ0v) is 19.6. The van der Waals surface area contributed by atoms with Crippen LogP contribution in [0, 0.1) is 6.92 Å². The minimum Gasteiger partial charge on any atom is -0.487 e. The van der Waals surface area contributed by atoms with Crippen molar-refractivity contribution >= 4 is 16.9 Å². The Balaban J connectivity index is 1.34. The van der Waals surface area contributed by atoms with E-state index in [1.807, 2.05) is 31.2 Å². The fraction of sp³-hybridized carbons (Fsp3) is 0.429. The summed E-state index contributed by atoms with van der Waals surface area (Å²) in [6, 6.07) is 13.1. The minimum absolute atomic E-state index is 0.0728. The Labute approximate surface area is 198 Å². The van der Waals surface area contributed by atoms with Gasteiger partial charge in [-0.3, -0.25) is 4.79 Å². The number of carbonyl (C=O) groups excluding carboxylic acids is 1. The Morgan fingerprint density at radius 3 is 2.65 bits per heavy atom. The van der Waals surface area contributed by atoms with E-state index in [-0.39, 0.29) is 24.5 Å². The van der Waals surface area contributed by atoms with Gasteiger partial charge >= 0.3 is 5.63 Å². The maximum absolute atomic E-state index is 12.8. The Hall–Kier alpha value is -3.12. The molecule has 5 rings (SSSR count). The number of nitrogens with one attached hydrogen (secondary N) is 1. The molecule has 2 N–H and O–H groups in total. The molecule has 1 amide bonds. The lowest BCUT2D eigenvalue weighted by atomic mass is 9.79. The van der Waals surface area contributed by atoms with E-state index in [4.69, 9.17) is 9.15 Å². The van der Waals surface area contributed by atoms with Crippen molar-refractivity contribution in [2.24, 2.45) is 0 Å². The van der Waals surface area contributed by atoms with Gasteiger partial charge in [-0.15, -0.1) is 0 Å². The van der Waals surface area contributed by atoms with Crippen LogP contribution in [0.15, 0.2) is 51.7 Å². The summed E-state index contributed by atoms with van der Waals surface area (Å²) in [7, 11) is 0. The number of aliphatic hydroxyl groups excluding tert-OH is 1. The van der Waals surface area contributed by atoms with Crippen molar-refractivity contribution in [2.45, 2.75) is 70.0 Å². The molecule has 1 aliphatic heterocycles. The van der Waals surface area contributed by atoms with E-state index in [0.29, 0.717) is 11.1 Å². The number of aryl methyl sites for hydroxylation is 2. The van der Waals surface area contributed by atoms with Crippen molar-refractivity contribution in [1.82, 2.24) is 5.32 Å². The molecule has 0 bridgehead atoms. The molecule has 1 saturated carbocycles. The molecule has 34 heavy (non-hydrogen) atoms. The average molecular weight is 462 g/mol. The molecule has 1 spiro atoms. The van der Waals surface area contributed by atoms with Crippen LogP contribution < -0.4 is 15.7 Å². The molecule has 2 heterocycles. The molecule has 6 heteroatoms. The molecule has 1 fully saturated rings. The maximum Gasteiger partial charge on any atom is 0.340 e. The Morgan fingerprint density at radius 1 is 1.12 bits per heavy atom. The van der Waals surface area contributed by atoms with E-state index in [9.17, 15) is 14.7 Å². The van der Waals surface area contributed by atoms with Gasteiger partial charge in [0.1, 0.15) is 16.9 Å². The van der Waals surface area contributed by atoms with Crippen LogP contribution in [0.25, 0.3) is 11.0 Å². The lowest BCUT2D eigenvalue weighted by Gasteiger charge is -2.41. The van der Waals surface area contributed by atoms with Gasteiger partial charge in [0.05, 0.1) is 18.1 Å². The Kier molecular flexibility index (Phi) is 6.17. The first-order chi connectivity index (χ1) is 16.4. The SMILES string of the molecule is Cc1c(CC(=O)NCC(O)c2ccccc2)c(=O)oc2cc3c(cc12)CCC1(CCCCC1)O3. The number of ether oxygens (including phenoxy) is 1. The van der Waals surface area contributed by atoms with Crippen LogP contribution in [0.5, 0.6) is 5.75 Å². The topological polar surface area (TPSA) is 88.8 Å². The molecule has 3 aromatic rings. The molecule has 0 radical (unpaired) electrons. The fourth-order valence-electron chi connectivity index (χ4n) is 5.38. The summed E-state index contributed by atoms with van der Waals surface area (Å²) in [6.45, 7) is 1.94. The van der Waals surface area contributed by atoms with Crippen molar-refractivity contribution in [3.05, 3.63) is 75.1 Å². The van der Waals surface area contributed by atoms with E-state index in [0.717, 1.165) is 53.5 Å². The molecule has 1 atom stereocenters. The first kappa shape index (κ1) is 22.7. The average Bonchev–Trinajstić information content (AvgIpc) is 2.85. The predicted octanol–water partition coefficient (Wildman–Crippen LogP) is 4.52. The van der Waals surface area contributed by atoms with Crippen LogP contribution in [0.3, 0.4) is 0 Å². The van der Waals surface area contributed by atoms with Gasteiger partial charge in [-0.2, -0.15) is 0 Å². The van der Waals surface area contributed by atoms with Gasteiger partial charge in [0.15, 0.2) is 0 Å². The third-order valence-electron chi connectivity index (χ3n) is 7.42. The monoisotopic (exact) mass is 461 g/mol. The van der Waals surface area contributed by atoms with Gasteiger partial charge < -0.3 is 19.6 Å². The highest BCUT2D eigenvalue weighted by atomic mass is 16.5. The smallest absolute Gasteiger partial charge is 0.340 e. The first-order valence-corrected chi connectivity index (χ1v) is 12.2. The van der Waals surface area contributed by atoms with Crippen molar-refractivity contribution in [3.63, 3.8) is 0 Å². The number of fused-ring (bicyclic) bond motifs is 2. The van der Waals surface area contributed by atoms with Crippen LogP contribution >= 0.6 is 0 Å². The molecule has 1 aliphatic carbocycles. The van der Waals surface area contributed by atoms with Crippen LogP contribution in [0.4, 0.5) is 0 Å². The van der Waals surface area contributed by atoms with E-state index >= 15 is 0 Å². The zero-order chi connectivity index (χ0) is 23.7. The van der Waals surface area contributed by atoms with Gasteiger partial charge in [-0.25, -0.2) is 4.79 Å². The van der Waals surface area contributed by atoms with Crippen molar-refractivity contribution in [2.75, 3.05) is 6.54 Å². The standard InChI is InChI=1S/C28H31NO5/c1-18-21-14-20-10-13-28(11-6-3-7-12-28)34-24(20)16-25(21)33-27(32)22(18)15-26(31)29-17-23(30)19-8-4-2-5-9-19/h2,4-5,8-9,14,16,23,30H,3,6-7,10-13,15,17H2,1H3,(H,29,31). The Bertz CT molecular complexity index is 1260. The van der Waals surface area contributed by atoms with Crippen LogP contribution in [0.1, 0.15) is 66.9 Å². The summed E-state index contributed by atoms with van der Waals surface area (Å²) < 4.78 is 12.1. The number of benzene rings is 2. The van der Waals surface area contributed by atoms with Crippen molar-refractivity contribution < 1.29 is 19.1 Å². The number of amides is 1. The number of carbonyl (C=O) groups is 1. The van der Waals surface area contributed by atoms with Gasteiger partial charge in [-0.05, 0) is 68.2 Å². The summed E-state index contributed by atoms with van der Waals surface area (Å²) in [5.41, 5.74) is 2.87. The van der Waals surface area contributed by atoms with Crippen molar-refractivity contribution in [1.29, 1.82) is 0 Å². The molecular weight excluding hydrogens is 430 g/mol. The first-order valence-electron chi connectivity index (χ1n) is 12.2. The van der Waals surface area contributed by atoms with E-state index in [1.165, 1.54) is 19.3 Å². The highest BCUT2D eigenvalue weighted by Crippen LogP contribution is 2.43. The van der Waals surface area contributed by atoms with Crippen LogP contribution in [-0.2, 0) is 17.6 Å². The molecule has 2 aliphatic rings. The zero-order valence-electron chi connectivity index (χ0n) is 19.6. The number of hydrogen-bond donors (Lipinski definition) is 2. The summed E-state index contributed by atoms with van der Waals surface area (Å²) in [6.07, 6.45) is 6.89. The highest BCUT2D eigenvalue weighted by molar-refractivity contribution is 5.86. The number of aliphatic hydroxyl groups is 1. The molecular formula is C28H31NO5. The van der Waals surface area contributed by atoms with Gasteiger partial charge in [0, 0.05) is 18.0 Å². The third kappa shape index (κ3) is 4.47. The fourth-order valence-corrected chi connectivity index (χ4v) is 5.38. The number of rotatable bonds is 5.